The standard InChI is InChI=1S/C13H18N2O2/c1-9-4-12(8-16)5-14-13(9)15-6-10(2)17-11(3)7-15/h4-5,8,10-11H,6-7H2,1-3H3/t10-,11+. The molecule has 1 fully saturated rings. The number of hydrogen-bond acceptors (Lipinski definition) is 4. The summed E-state index contributed by atoms with van der Waals surface area (Å²) < 4.78 is 5.70. The Morgan fingerprint density at radius 1 is 1.41 bits per heavy atom. The van der Waals surface area contributed by atoms with E-state index < -0.39 is 0 Å². The molecule has 0 unspecified atom stereocenters. The summed E-state index contributed by atoms with van der Waals surface area (Å²) in [5.41, 5.74) is 1.66. The Hall–Kier alpha value is -1.42. The van der Waals surface area contributed by atoms with Gasteiger partial charge < -0.3 is 9.64 Å². The Balaban J connectivity index is 2.24. The molecule has 0 spiro atoms. The maximum absolute atomic E-state index is 10.7. The van der Waals surface area contributed by atoms with Crippen LogP contribution in [-0.2, 0) is 4.74 Å². The van der Waals surface area contributed by atoms with Gasteiger partial charge in [0.25, 0.3) is 0 Å². The van der Waals surface area contributed by atoms with Crippen LogP contribution in [0, 0.1) is 6.92 Å². The minimum Gasteiger partial charge on any atom is -0.372 e. The number of pyridine rings is 1. The lowest BCUT2D eigenvalue weighted by molar-refractivity contribution is -0.00549. The van der Waals surface area contributed by atoms with E-state index in [0.29, 0.717) is 5.56 Å². The van der Waals surface area contributed by atoms with Crippen molar-refractivity contribution in [2.24, 2.45) is 0 Å². The maximum Gasteiger partial charge on any atom is 0.151 e. The zero-order valence-corrected chi connectivity index (χ0v) is 10.5. The molecule has 2 atom stereocenters. The van der Waals surface area contributed by atoms with Gasteiger partial charge in [-0.05, 0) is 32.4 Å². The topological polar surface area (TPSA) is 42.4 Å². The summed E-state index contributed by atoms with van der Waals surface area (Å²) in [7, 11) is 0. The minimum atomic E-state index is 0.214. The number of rotatable bonds is 2. The fourth-order valence-electron chi connectivity index (χ4n) is 2.34. The van der Waals surface area contributed by atoms with Crippen molar-refractivity contribution in [1.82, 2.24) is 4.98 Å². The van der Waals surface area contributed by atoms with E-state index in [9.17, 15) is 4.79 Å². The third-order valence-corrected chi connectivity index (χ3v) is 2.93. The summed E-state index contributed by atoms with van der Waals surface area (Å²) in [6.07, 6.45) is 2.88. The average Bonchev–Trinajstić information content (AvgIpc) is 2.27. The monoisotopic (exact) mass is 234 g/mol. The largest absolute Gasteiger partial charge is 0.372 e. The van der Waals surface area contributed by atoms with Crippen molar-refractivity contribution in [3.05, 3.63) is 23.4 Å². The van der Waals surface area contributed by atoms with E-state index in [1.807, 2.05) is 13.0 Å². The summed E-state index contributed by atoms with van der Waals surface area (Å²) in [5, 5.41) is 0. The number of carbonyl (C=O) groups is 1. The summed E-state index contributed by atoms with van der Waals surface area (Å²) in [6.45, 7) is 7.81. The molecule has 1 aliphatic rings. The van der Waals surface area contributed by atoms with E-state index in [-0.39, 0.29) is 12.2 Å². The number of aromatic nitrogens is 1. The normalized spacial score (nSPS) is 24.8. The van der Waals surface area contributed by atoms with Crippen molar-refractivity contribution >= 4 is 12.1 Å². The molecule has 92 valence electrons. The number of morpholine rings is 1. The number of carbonyl (C=O) groups excluding carboxylic acids is 1. The lowest BCUT2D eigenvalue weighted by atomic mass is 10.1. The third kappa shape index (κ3) is 2.64. The number of aryl methyl sites for hydroxylation is 1. The second-order valence-electron chi connectivity index (χ2n) is 4.69. The van der Waals surface area contributed by atoms with Crippen LogP contribution in [0.25, 0.3) is 0 Å². The minimum absolute atomic E-state index is 0.214. The molecule has 1 saturated heterocycles. The first-order chi connectivity index (χ1) is 8.10. The van der Waals surface area contributed by atoms with Gasteiger partial charge in [-0.15, -0.1) is 0 Å². The van der Waals surface area contributed by atoms with E-state index in [1.54, 1.807) is 6.20 Å². The second-order valence-corrected chi connectivity index (χ2v) is 4.69. The fraction of sp³-hybridized carbons (Fsp3) is 0.538. The van der Waals surface area contributed by atoms with Gasteiger partial charge in [0.1, 0.15) is 5.82 Å². The molecular weight excluding hydrogens is 216 g/mol. The number of hydrogen-bond donors (Lipinski definition) is 0. The van der Waals surface area contributed by atoms with Gasteiger partial charge in [0.05, 0.1) is 12.2 Å². The van der Waals surface area contributed by atoms with Gasteiger partial charge in [0.2, 0.25) is 0 Å². The van der Waals surface area contributed by atoms with Gasteiger partial charge >= 0.3 is 0 Å². The number of nitrogens with zero attached hydrogens (tertiary/aromatic N) is 2. The van der Waals surface area contributed by atoms with Crippen molar-refractivity contribution in [1.29, 1.82) is 0 Å². The van der Waals surface area contributed by atoms with E-state index in [0.717, 1.165) is 30.8 Å². The van der Waals surface area contributed by atoms with Gasteiger partial charge in [-0.1, -0.05) is 0 Å². The lowest BCUT2D eigenvalue weighted by Gasteiger charge is -2.36. The molecule has 1 aliphatic heterocycles. The summed E-state index contributed by atoms with van der Waals surface area (Å²) in [4.78, 5) is 17.3. The lowest BCUT2D eigenvalue weighted by Crippen LogP contribution is -2.46. The van der Waals surface area contributed by atoms with Crippen LogP contribution in [0.3, 0.4) is 0 Å². The fourth-order valence-corrected chi connectivity index (χ4v) is 2.34. The van der Waals surface area contributed by atoms with Crippen molar-refractivity contribution in [2.45, 2.75) is 33.0 Å². The second kappa shape index (κ2) is 4.84. The molecule has 0 N–H and O–H groups in total. The quantitative estimate of drug-likeness (QED) is 0.732. The van der Waals surface area contributed by atoms with Gasteiger partial charge in [0, 0.05) is 24.8 Å². The van der Waals surface area contributed by atoms with E-state index in [4.69, 9.17) is 4.74 Å². The van der Waals surface area contributed by atoms with Crippen molar-refractivity contribution < 1.29 is 9.53 Å². The molecule has 17 heavy (non-hydrogen) atoms. The SMILES string of the molecule is Cc1cc(C=O)cnc1N1C[C@@H](C)O[C@@H](C)C1. The van der Waals surface area contributed by atoms with Crippen LogP contribution in [0.2, 0.25) is 0 Å². The molecule has 0 radical (unpaired) electrons. The number of aldehydes is 1. The molecule has 4 nitrogen and oxygen atoms in total. The third-order valence-electron chi connectivity index (χ3n) is 2.93. The highest BCUT2D eigenvalue weighted by Gasteiger charge is 2.24. The Labute approximate surface area is 102 Å². The van der Waals surface area contributed by atoms with E-state index >= 15 is 0 Å². The zero-order valence-electron chi connectivity index (χ0n) is 10.5. The molecule has 4 heteroatoms. The maximum atomic E-state index is 10.7. The zero-order chi connectivity index (χ0) is 12.4. The molecule has 1 aromatic rings. The van der Waals surface area contributed by atoms with Crippen LogP contribution >= 0.6 is 0 Å². The first kappa shape index (κ1) is 12.0. The first-order valence-electron chi connectivity index (χ1n) is 5.92. The molecule has 2 rings (SSSR count). The van der Waals surface area contributed by atoms with Crippen molar-refractivity contribution in [3.63, 3.8) is 0 Å². The molecular formula is C13H18N2O2. The van der Waals surface area contributed by atoms with Crippen LogP contribution in [0.1, 0.15) is 29.8 Å². The van der Waals surface area contributed by atoms with Crippen LogP contribution in [0.4, 0.5) is 5.82 Å². The summed E-state index contributed by atoms with van der Waals surface area (Å²) >= 11 is 0. The molecule has 0 aliphatic carbocycles. The molecule has 0 amide bonds. The molecule has 1 aromatic heterocycles. The molecule has 0 bridgehead atoms. The Bertz CT molecular complexity index is 410. The molecule has 2 heterocycles. The van der Waals surface area contributed by atoms with Crippen molar-refractivity contribution in [3.8, 4) is 0 Å². The van der Waals surface area contributed by atoms with Crippen LogP contribution in [0.5, 0.6) is 0 Å². The Kier molecular flexibility index (Phi) is 3.43. The van der Waals surface area contributed by atoms with Crippen molar-refractivity contribution in [2.75, 3.05) is 18.0 Å². The van der Waals surface area contributed by atoms with Gasteiger partial charge in [0.15, 0.2) is 6.29 Å². The highest BCUT2D eigenvalue weighted by Crippen LogP contribution is 2.22. The first-order valence-corrected chi connectivity index (χ1v) is 5.92. The summed E-state index contributed by atoms with van der Waals surface area (Å²) in [6, 6.07) is 1.88. The van der Waals surface area contributed by atoms with E-state index in [1.165, 1.54) is 0 Å². The Morgan fingerprint density at radius 3 is 2.59 bits per heavy atom. The number of anilines is 1. The van der Waals surface area contributed by atoms with Gasteiger partial charge in [-0.2, -0.15) is 0 Å². The molecule has 0 aromatic carbocycles. The van der Waals surface area contributed by atoms with Gasteiger partial charge in [-0.3, -0.25) is 4.79 Å². The van der Waals surface area contributed by atoms with E-state index in [2.05, 4.69) is 23.7 Å². The summed E-state index contributed by atoms with van der Waals surface area (Å²) in [5.74, 6) is 0.956. The smallest absolute Gasteiger partial charge is 0.151 e. The van der Waals surface area contributed by atoms with Gasteiger partial charge in [-0.25, -0.2) is 4.98 Å². The van der Waals surface area contributed by atoms with Crippen LogP contribution in [0.15, 0.2) is 12.3 Å². The highest BCUT2D eigenvalue weighted by atomic mass is 16.5. The predicted octanol–water partition coefficient (Wildman–Crippen LogP) is 1.82. The van der Waals surface area contributed by atoms with Crippen LogP contribution < -0.4 is 4.90 Å². The van der Waals surface area contributed by atoms with Crippen LogP contribution in [-0.4, -0.2) is 36.6 Å². The highest BCUT2D eigenvalue weighted by molar-refractivity contribution is 5.75. The Morgan fingerprint density at radius 2 is 2.06 bits per heavy atom. The average molecular weight is 234 g/mol. The predicted molar refractivity (Wildman–Crippen MR) is 66.6 cm³/mol. The number of ether oxygens (including phenoxy) is 1. The molecule has 0 saturated carbocycles.